The third kappa shape index (κ3) is 6.07. The van der Waals surface area contributed by atoms with Gasteiger partial charge in [0.05, 0.1) is 26.9 Å². The lowest BCUT2D eigenvalue weighted by molar-refractivity contribution is 0.0901. The van der Waals surface area contributed by atoms with Crippen LogP contribution in [0.5, 0.6) is 17.2 Å². The number of alkyl halides is 1. The number of aliphatic hydroxyl groups excluding tert-OH is 1. The number of nitrogens with zero attached hydrogens (tertiary/aromatic N) is 1. The molecule has 0 fully saturated rings. The van der Waals surface area contributed by atoms with Crippen molar-refractivity contribution in [1.29, 1.82) is 0 Å². The van der Waals surface area contributed by atoms with E-state index in [1.165, 1.54) is 44.4 Å². The van der Waals surface area contributed by atoms with E-state index in [0.717, 1.165) is 5.56 Å². The van der Waals surface area contributed by atoms with Gasteiger partial charge in [-0.3, -0.25) is 9.59 Å². The maximum Gasteiger partial charge on any atom is 0.251 e. The van der Waals surface area contributed by atoms with Crippen molar-refractivity contribution in [1.82, 2.24) is 10.3 Å². The van der Waals surface area contributed by atoms with Crippen LogP contribution in [0.25, 0.3) is 11.3 Å². The molecule has 2 N–H and O–H groups in total. The maximum absolute atomic E-state index is 14.2. The van der Waals surface area contributed by atoms with Crippen LogP contribution in [-0.2, 0) is 5.41 Å². The van der Waals surface area contributed by atoms with Gasteiger partial charge in [-0.05, 0) is 61.2 Å². The summed E-state index contributed by atoms with van der Waals surface area (Å²) in [5.74, 6) is -0.495. The molecule has 8 nitrogen and oxygen atoms in total. The number of ketones is 1. The Labute approximate surface area is 231 Å². The second kappa shape index (κ2) is 12.0. The van der Waals surface area contributed by atoms with E-state index in [4.69, 9.17) is 19.3 Å². The number of rotatable bonds is 10. The highest BCUT2D eigenvalue weighted by molar-refractivity contribution is 6.02. The number of fused-ring (bicyclic) bond motifs is 1. The SMILES string of the molecule is COc1cc(C(=O)NCC(=O)c2cc3c(c(-c4ccc(F)c(C(C)F)c4)n2)OCCC3(C)C)ccc1OCCO. The topological polar surface area (TPSA) is 107 Å². The van der Waals surface area contributed by atoms with Crippen molar-refractivity contribution < 1.29 is 37.7 Å². The predicted molar refractivity (Wildman–Crippen MR) is 145 cm³/mol. The van der Waals surface area contributed by atoms with E-state index in [1.54, 1.807) is 12.1 Å². The zero-order valence-electron chi connectivity index (χ0n) is 22.8. The molecule has 0 bridgehead atoms. The molecule has 2 aromatic carbocycles. The van der Waals surface area contributed by atoms with Gasteiger partial charge in [0.2, 0.25) is 0 Å². The molecule has 1 atom stereocenters. The summed E-state index contributed by atoms with van der Waals surface area (Å²) < 4.78 is 44.9. The van der Waals surface area contributed by atoms with Gasteiger partial charge in [-0.2, -0.15) is 0 Å². The van der Waals surface area contributed by atoms with Crippen LogP contribution in [0.15, 0.2) is 42.5 Å². The smallest absolute Gasteiger partial charge is 0.251 e. The first-order valence-corrected chi connectivity index (χ1v) is 12.9. The quantitative estimate of drug-likeness (QED) is 0.341. The molecule has 10 heteroatoms. The van der Waals surface area contributed by atoms with Crippen molar-refractivity contribution in [2.75, 3.05) is 33.5 Å². The number of carbonyl (C=O) groups excluding carboxylic acids is 2. The lowest BCUT2D eigenvalue weighted by atomic mass is 9.79. The summed E-state index contributed by atoms with van der Waals surface area (Å²) >= 11 is 0. The normalized spacial score (nSPS) is 14.5. The van der Waals surface area contributed by atoms with Gasteiger partial charge in [-0.25, -0.2) is 13.8 Å². The minimum Gasteiger partial charge on any atom is -0.493 e. The fourth-order valence-electron chi connectivity index (χ4n) is 4.50. The van der Waals surface area contributed by atoms with E-state index < -0.39 is 23.7 Å². The van der Waals surface area contributed by atoms with Crippen LogP contribution >= 0.6 is 0 Å². The number of hydrogen-bond donors (Lipinski definition) is 2. The number of ether oxygens (including phenoxy) is 3. The number of pyridine rings is 1. The number of halogens is 2. The Balaban J connectivity index is 1.63. The molecule has 0 aliphatic carbocycles. The first kappa shape index (κ1) is 28.9. The molecular weight excluding hydrogens is 522 g/mol. The number of nitrogens with one attached hydrogen (secondary N) is 1. The molecular formula is C30H32F2N2O6. The number of hydrogen-bond acceptors (Lipinski definition) is 7. The highest BCUT2D eigenvalue weighted by Gasteiger charge is 2.33. The molecule has 0 saturated heterocycles. The molecule has 2 heterocycles. The summed E-state index contributed by atoms with van der Waals surface area (Å²) in [6, 6.07) is 10.2. The average Bonchev–Trinajstić information content (AvgIpc) is 2.94. The monoisotopic (exact) mass is 554 g/mol. The van der Waals surface area contributed by atoms with Crippen LogP contribution in [0.2, 0.25) is 0 Å². The van der Waals surface area contributed by atoms with Gasteiger partial charge in [0.1, 0.15) is 35.7 Å². The highest BCUT2D eigenvalue weighted by Crippen LogP contribution is 2.44. The Kier molecular flexibility index (Phi) is 8.68. The molecule has 3 aromatic rings. The summed E-state index contributed by atoms with van der Waals surface area (Å²) in [4.78, 5) is 30.6. The number of amides is 1. The number of methoxy groups -OCH3 is 1. The molecule has 1 aromatic heterocycles. The van der Waals surface area contributed by atoms with Crippen LogP contribution in [0, 0.1) is 5.82 Å². The van der Waals surface area contributed by atoms with Gasteiger partial charge in [0.25, 0.3) is 5.91 Å². The standard InChI is InChI=1S/C30H32F2N2O6/c1-17(31)20-13-18(5-7-22(20)32)27-28-21(30(2,3)9-11-40-28)15-23(34-27)24(36)16-33-29(37)19-6-8-25(39-12-10-35)26(14-19)38-4/h5-8,13-15,17,35H,9-12,16H2,1-4H3,(H,33,37). The highest BCUT2D eigenvalue weighted by atomic mass is 19.1. The molecule has 40 heavy (non-hydrogen) atoms. The van der Waals surface area contributed by atoms with Crippen LogP contribution in [-0.4, -0.2) is 55.3 Å². The number of aliphatic hydroxyl groups is 1. The van der Waals surface area contributed by atoms with Crippen LogP contribution in [0.3, 0.4) is 0 Å². The molecule has 1 aliphatic heterocycles. The molecule has 0 spiro atoms. The fraction of sp³-hybridized carbons (Fsp3) is 0.367. The minimum atomic E-state index is -1.54. The lowest BCUT2D eigenvalue weighted by Crippen LogP contribution is -2.31. The average molecular weight is 555 g/mol. The molecule has 1 unspecified atom stereocenters. The number of benzene rings is 2. The molecule has 1 aliphatic rings. The van der Waals surface area contributed by atoms with Crippen molar-refractivity contribution in [3.05, 3.63) is 70.7 Å². The molecule has 0 radical (unpaired) electrons. The molecule has 212 valence electrons. The third-order valence-electron chi connectivity index (χ3n) is 6.84. The van der Waals surface area contributed by atoms with E-state index in [0.29, 0.717) is 41.5 Å². The number of carbonyl (C=O) groups is 2. The minimum absolute atomic E-state index is 0.0695. The summed E-state index contributed by atoms with van der Waals surface area (Å²) in [5, 5.41) is 11.6. The first-order chi connectivity index (χ1) is 19.1. The van der Waals surface area contributed by atoms with Gasteiger partial charge in [-0.1, -0.05) is 13.8 Å². The van der Waals surface area contributed by atoms with E-state index in [1.807, 2.05) is 13.8 Å². The zero-order valence-corrected chi connectivity index (χ0v) is 22.8. The Morgan fingerprint density at radius 3 is 2.65 bits per heavy atom. The summed E-state index contributed by atoms with van der Waals surface area (Å²) in [6.45, 7) is 5.28. The van der Waals surface area contributed by atoms with E-state index in [9.17, 15) is 18.4 Å². The van der Waals surface area contributed by atoms with Gasteiger partial charge in [0, 0.05) is 22.3 Å². The van der Waals surface area contributed by atoms with E-state index in [-0.39, 0.29) is 42.0 Å². The van der Waals surface area contributed by atoms with Crippen molar-refractivity contribution in [2.45, 2.75) is 38.8 Å². The van der Waals surface area contributed by atoms with Crippen molar-refractivity contribution in [3.8, 4) is 28.5 Å². The van der Waals surface area contributed by atoms with Crippen molar-refractivity contribution >= 4 is 11.7 Å². The molecule has 0 saturated carbocycles. The van der Waals surface area contributed by atoms with Crippen molar-refractivity contribution in [2.24, 2.45) is 0 Å². The van der Waals surface area contributed by atoms with Gasteiger partial charge < -0.3 is 24.6 Å². The fourth-order valence-corrected chi connectivity index (χ4v) is 4.50. The summed E-state index contributed by atoms with van der Waals surface area (Å²) in [6.07, 6.45) is -0.841. The van der Waals surface area contributed by atoms with Gasteiger partial charge in [0.15, 0.2) is 17.3 Å². The van der Waals surface area contributed by atoms with E-state index in [2.05, 4.69) is 10.3 Å². The lowest BCUT2D eigenvalue weighted by Gasteiger charge is -2.33. The maximum atomic E-state index is 14.2. The van der Waals surface area contributed by atoms with E-state index >= 15 is 0 Å². The molecule has 4 rings (SSSR count). The number of Topliss-reactive ketones (excluding diaryl/α,β-unsaturated/α-hetero) is 1. The summed E-state index contributed by atoms with van der Waals surface area (Å²) in [7, 11) is 1.43. The third-order valence-corrected chi connectivity index (χ3v) is 6.84. The van der Waals surface area contributed by atoms with Crippen LogP contribution in [0.1, 0.15) is 65.3 Å². The Hall–Kier alpha value is -4.05. The second-order valence-electron chi connectivity index (χ2n) is 10.1. The Morgan fingerprint density at radius 2 is 1.95 bits per heavy atom. The van der Waals surface area contributed by atoms with Crippen LogP contribution < -0.4 is 19.5 Å². The summed E-state index contributed by atoms with van der Waals surface area (Å²) in [5.41, 5.74) is 1.35. The first-order valence-electron chi connectivity index (χ1n) is 12.9. The zero-order chi connectivity index (χ0) is 29.0. The predicted octanol–water partition coefficient (Wildman–Crippen LogP) is 4.97. The van der Waals surface area contributed by atoms with Gasteiger partial charge >= 0.3 is 0 Å². The Bertz CT molecular complexity index is 1420. The van der Waals surface area contributed by atoms with Crippen molar-refractivity contribution in [3.63, 3.8) is 0 Å². The van der Waals surface area contributed by atoms with Crippen LogP contribution in [0.4, 0.5) is 8.78 Å². The molecule has 1 amide bonds. The second-order valence-corrected chi connectivity index (χ2v) is 10.1. The van der Waals surface area contributed by atoms with Gasteiger partial charge in [-0.15, -0.1) is 0 Å². The number of aromatic nitrogens is 1. The Morgan fingerprint density at radius 1 is 1.18 bits per heavy atom. The largest absolute Gasteiger partial charge is 0.493 e.